The number of halogens is 2. The van der Waals surface area contributed by atoms with Crippen molar-refractivity contribution >= 4 is 41.5 Å². The predicted octanol–water partition coefficient (Wildman–Crippen LogP) is 4.80. The van der Waals surface area contributed by atoms with E-state index in [9.17, 15) is 0 Å². The van der Waals surface area contributed by atoms with Crippen molar-refractivity contribution in [3.63, 3.8) is 0 Å². The first-order chi connectivity index (χ1) is 13.7. The molecule has 2 N–H and O–H groups in total. The lowest BCUT2D eigenvalue weighted by Crippen LogP contribution is -2.36. The number of hydrogen-bond donors (Lipinski definition) is 2. The summed E-state index contributed by atoms with van der Waals surface area (Å²) in [6, 6.07) is 21.5. The number of nitrogens with zero attached hydrogens (tertiary/aromatic N) is 2. The third-order valence-electron chi connectivity index (χ3n) is 4.09. The van der Waals surface area contributed by atoms with Crippen LogP contribution in [0, 0.1) is 0 Å². The average Bonchev–Trinajstić information content (AvgIpc) is 2.75. The molecule has 0 fully saturated rings. The summed E-state index contributed by atoms with van der Waals surface area (Å²) >= 11 is 5.91. The summed E-state index contributed by atoms with van der Waals surface area (Å²) in [7, 11) is 1.76. The number of benzene rings is 2. The van der Waals surface area contributed by atoms with Crippen LogP contribution in [0.15, 0.2) is 77.9 Å². The predicted molar refractivity (Wildman–Crippen MR) is 129 cm³/mol. The smallest absolute Gasteiger partial charge is 0.191 e. The van der Waals surface area contributed by atoms with E-state index < -0.39 is 0 Å². The van der Waals surface area contributed by atoms with Gasteiger partial charge >= 0.3 is 0 Å². The second-order valence-electron chi connectivity index (χ2n) is 6.16. The quantitative estimate of drug-likeness (QED) is 0.266. The highest BCUT2D eigenvalue weighted by atomic mass is 127. The Morgan fingerprint density at radius 1 is 0.931 bits per heavy atom. The minimum Gasteiger partial charge on any atom is -0.487 e. The highest BCUT2D eigenvalue weighted by molar-refractivity contribution is 14.0. The van der Waals surface area contributed by atoms with E-state index in [1.165, 1.54) is 0 Å². The third kappa shape index (κ3) is 7.91. The van der Waals surface area contributed by atoms with E-state index in [0.29, 0.717) is 19.7 Å². The van der Waals surface area contributed by atoms with Crippen LogP contribution in [0.3, 0.4) is 0 Å². The lowest BCUT2D eigenvalue weighted by molar-refractivity contribution is 0.301. The molecule has 7 heteroatoms. The molecule has 152 valence electrons. The van der Waals surface area contributed by atoms with Crippen LogP contribution in [0.5, 0.6) is 5.75 Å². The summed E-state index contributed by atoms with van der Waals surface area (Å²) in [4.78, 5) is 8.50. The van der Waals surface area contributed by atoms with Crippen molar-refractivity contribution in [2.45, 2.75) is 19.7 Å². The van der Waals surface area contributed by atoms with E-state index in [1.807, 2.05) is 66.7 Å². The van der Waals surface area contributed by atoms with Crippen molar-refractivity contribution in [2.24, 2.45) is 4.99 Å². The van der Waals surface area contributed by atoms with Gasteiger partial charge in [0.25, 0.3) is 0 Å². The van der Waals surface area contributed by atoms with Gasteiger partial charge in [0.1, 0.15) is 12.4 Å². The Kier molecular flexibility index (Phi) is 9.73. The Morgan fingerprint density at radius 3 is 2.10 bits per heavy atom. The van der Waals surface area contributed by atoms with E-state index in [1.54, 1.807) is 13.2 Å². The zero-order valence-corrected chi connectivity index (χ0v) is 19.2. The van der Waals surface area contributed by atoms with E-state index in [2.05, 4.69) is 20.6 Å². The van der Waals surface area contributed by atoms with Crippen molar-refractivity contribution in [3.8, 4) is 5.75 Å². The van der Waals surface area contributed by atoms with Crippen molar-refractivity contribution in [3.05, 3.63) is 94.8 Å². The van der Waals surface area contributed by atoms with Crippen LogP contribution in [0.2, 0.25) is 5.02 Å². The standard InChI is InChI=1S/C22H23ClN4O.HI/c1-24-22(26-14-17-5-9-19(23)10-6-17)27-15-18-7-11-21(12-8-18)28-16-20-4-2-3-13-25-20;/h2-13H,14-16H2,1H3,(H2,24,26,27);1H. The Bertz CT molecular complexity index is 887. The summed E-state index contributed by atoms with van der Waals surface area (Å²) in [6.45, 7) is 1.80. The van der Waals surface area contributed by atoms with E-state index >= 15 is 0 Å². The second-order valence-corrected chi connectivity index (χ2v) is 6.60. The lowest BCUT2D eigenvalue weighted by atomic mass is 10.2. The van der Waals surface area contributed by atoms with Crippen LogP contribution < -0.4 is 15.4 Å². The molecule has 0 aliphatic heterocycles. The van der Waals surface area contributed by atoms with Gasteiger partial charge in [-0.3, -0.25) is 9.98 Å². The maximum absolute atomic E-state index is 5.91. The van der Waals surface area contributed by atoms with Gasteiger partial charge in [-0.25, -0.2) is 0 Å². The SMILES string of the molecule is CN=C(NCc1ccc(Cl)cc1)NCc1ccc(OCc2ccccn2)cc1.I. The first-order valence-electron chi connectivity index (χ1n) is 9.03. The molecule has 3 aromatic rings. The van der Waals surface area contributed by atoms with Gasteiger partial charge in [0, 0.05) is 31.4 Å². The summed E-state index contributed by atoms with van der Waals surface area (Å²) in [6.07, 6.45) is 1.77. The fourth-order valence-electron chi connectivity index (χ4n) is 2.54. The van der Waals surface area contributed by atoms with Crippen LogP contribution in [0.4, 0.5) is 0 Å². The molecule has 1 aromatic heterocycles. The summed E-state index contributed by atoms with van der Waals surface area (Å²) in [5, 5.41) is 7.33. The molecule has 29 heavy (non-hydrogen) atoms. The fourth-order valence-corrected chi connectivity index (χ4v) is 2.66. The lowest BCUT2D eigenvalue weighted by Gasteiger charge is -2.12. The summed E-state index contributed by atoms with van der Waals surface area (Å²) in [5.41, 5.74) is 3.19. The van der Waals surface area contributed by atoms with Crippen LogP contribution in [-0.4, -0.2) is 18.0 Å². The number of nitrogens with one attached hydrogen (secondary N) is 2. The van der Waals surface area contributed by atoms with Gasteiger partial charge in [-0.1, -0.05) is 41.9 Å². The van der Waals surface area contributed by atoms with Gasteiger partial charge in [0.2, 0.25) is 0 Å². The first-order valence-corrected chi connectivity index (χ1v) is 9.41. The topological polar surface area (TPSA) is 58.5 Å². The third-order valence-corrected chi connectivity index (χ3v) is 4.34. The summed E-state index contributed by atoms with van der Waals surface area (Å²) in [5.74, 6) is 1.56. The number of pyridine rings is 1. The van der Waals surface area contributed by atoms with E-state index in [0.717, 1.165) is 33.6 Å². The minimum absolute atomic E-state index is 0. The molecule has 0 spiro atoms. The molecule has 0 saturated heterocycles. The molecule has 5 nitrogen and oxygen atoms in total. The average molecular weight is 523 g/mol. The van der Waals surface area contributed by atoms with Gasteiger partial charge in [-0.2, -0.15) is 0 Å². The minimum atomic E-state index is 0. The van der Waals surface area contributed by atoms with Gasteiger partial charge in [0.15, 0.2) is 5.96 Å². The van der Waals surface area contributed by atoms with Crippen molar-refractivity contribution < 1.29 is 4.74 Å². The molecule has 0 bridgehead atoms. The maximum atomic E-state index is 5.91. The molecule has 3 rings (SSSR count). The molecule has 0 saturated carbocycles. The fraction of sp³-hybridized carbons (Fsp3) is 0.182. The molecule has 2 aromatic carbocycles. The summed E-state index contributed by atoms with van der Waals surface area (Å²) < 4.78 is 5.76. The zero-order chi connectivity index (χ0) is 19.6. The van der Waals surface area contributed by atoms with Gasteiger partial charge in [-0.05, 0) is 47.5 Å². The van der Waals surface area contributed by atoms with Gasteiger partial charge in [-0.15, -0.1) is 24.0 Å². The molecular formula is C22H24ClIN4O. The molecule has 0 unspecified atom stereocenters. The van der Waals surface area contributed by atoms with E-state index in [-0.39, 0.29) is 24.0 Å². The van der Waals surface area contributed by atoms with Gasteiger partial charge in [0.05, 0.1) is 5.69 Å². The van der Waals surface area contributed by atoms with Crippen LogP contribution in [0.25, 0.3) is 0 Å². The zero-order valence-electron chi connectivity index (χ0n) is 16.1. The number of hydrogen-bond acceptors (Lipinski definition) is 3. The Labute approximate surface area is 193 Å². The molecule has 0 radical (unpaired) electrons. The number of guanidine groups is 1. The Morgan fingerprint density at radius 2 is 1.55 bits per heavy atom. The highest BCUT2D eigenvalue weighted by Gasteiger charge is 2.01. The number of aromatic nitrogens is 1. The number of rotatable bonds is 7. The van der Waals surface area contributed by atoms with E-state index in [4.69, 9.17) is 16.3 Å². The maximum Gasteiger partial charge on any atom is 0.191 e. The molecule has 0 atom stereocenters. The molecule has 1 heterocycles. The molecular weight excluding hydrogens is 499 g/mol. The van der Waals surface area contributed by atoms with Crippen molar-refractivity contribution in [1.82, 2.24) is 15.6 Å². The van der Waals surface area contributed by atoms with Crippen LogP contribution in [-0.2, 0) is 19.7 Å². The number of ether oxygens (including phenoxy) is 1. The second kappa shape index (κ2) is 12.3. The van der Waals surface area contributed by atoms with Crippen molar-refractivity contribution in [2.75, 3.05) is 7.05 Å². The Hall–Kier alpha value is -2.32. The van der Waals surface area contributed by atoms with Crippen molar-refractivity contribution in [1.29, 1.82) is 0 Å². The largest absolute Gasteiger partial charge is 0.487 e. The van der Waals surface area contributed by atoms with Gasteiger partial charge < -0.3 is 15.4 Å². The Balaban J connectivity index is 0.00000300. The monoisotopic (exact) mass is 522 g/mol. The molecule has 0 aliphatic carbocycles. The van der Waals surface area contributed by atoms with Crippen LogP contribution >= 0.6 is 35.6 Å². The highest BCUT2D eigenvalue weighted by Crippen LogP contribution is 2.14. The normalized spacial score (nSPS) is 10.8. The number of aliphatic imine (C=N–C) groups is 1. The molecule has 0 amide bonds. The first kappa shape index (κ1) is 23.0. The van der Waals surface area contributed by atoms with Crippen LogP contribution in [0.1, 0.15) is 16.8 Å². The molecule has 0 aliphatic rings.